The summed E-state index contributed by atoms with van der Waals surface area (Å²) in [5, 5.41) is 3.91. The molecular weight excluding hydrogens is 484 g/mol. The van der Waals surface area contributed by atoms with Crippen LogP contribution in [0.25, 0.3) is 0 Å². The van der Waals surface area contributed by atoms with E-state index in [0.717, 1.165) is 16.0 Å². The minimum absolute atomic E-state index is 0.0117. The molecule has 1 aromatic carbocycles. The van der Waals surface area contributed by atoms with Crippen molar-refractivity contribution < 1.29 is 23.8 Å². The Bertz CT molecular complexity index is 1130. The number of benzene rings is 1. The second kappa shape index (κ2) is 12.2. The molecule has 7 nitrogen and oxygen atoms in total. The fraction of sp³-hybridized carbons (Fsp3) is 0.385. The molecule has 2 amide bonds. The Morgan fingerprint density at radius 1 is 1.03 bits per heavy atom. The lowest BCUT2D eigenvalue weighted by atomic mass is 10.1. The lowest BCUT2D eigenvalue weighted by Gasteiger charge is -2.28. The van der Waals surface area contributed by atoms with Gasteiger partial charge in [-0.2, -0.15) is 0 Å². The predicted octanol–water partition coefficient (Wildman–Crippen LogP) is 4.94. The summed E-state index contributed by atoms with van der Waals surface area (Å²) in [6, 6.07) is 11.4. The van der Waals surface area contributed by atoms with E-state index in [1.807, 2.05) is 46.8 Å². The Kier molecular flexibility index (Phi) is 8.79. The fourth-order valence-corrected chi connectivity index (χ4v) is 5.42. The number of ether oxygens (including phenoxy) is 3. The van der Waals surface area contributed by atoms with Crippen molar-refractivity contribution in [2.24, 2.45) is 0 Å². The zero-order chi connectivity index (χ0) is 24.6. The summed E-state index contributed by atoms with van der Waals surface area (Å²) >= 11 is 3.02. The first kappa shape index (κ1) is 25.2. The average molecular weight is 515 g/mol. The van der Waals surface area contributed by atoms with Crippen LogP contribution in [0.5, 0.6) is 11.5 Å². The largest absolute Gasteiger partial charge is 0.454 e. The highest BCUT2D eigenvalue weighted by Crippen LogP contribution is 2.33. The lowest BCUT2D eigenvalue weighted by molar-refractivity contribution is -0.133. The van der Waals surface area contributed by atoms with Crippen LogP contribution < -0.4 is 9.47 Å². The summed E-state index contributed by atoms with van der Waals surface area (Å²) in [6.07, 6.45) is 0.671. The number of carbonyl (C=O) groups is 2. The van der Waals surface area contributed by atoms with Crippen LogP contribution in [0, 0.1) is 6.92 Å². The molecule has 0 atom stereocenters. The smallest absolute Gasteiger partial charge is 0.264 e. The van der Waals surface area contributed by atoms with E-state index in [-0.39, 0.29) is 25.2 Å². The van der Waals surface area contributed by atoms with Crippen molar-refractivity contribution in [1.82, 2.24) is 9.80 Å². The van der Waals surface area contributed by atoms with Gasteiger partial charge >= 0.3 is 0 Å². The molecular formula is C26H30N2O5S2. The minimum atomic E-state index is -0.125. The fourth-order valence-electron chi connectivity index (χ4n) is 3.80. The Balaban J connectivity index is 1.52. The van der Waals surface area contributed by atoms with Crippen molar-refractivity contribution in [1.29, 1.82) is 0 Å². The second-order valence-corrected chi connectivity index (χ2v) is 10.2. The number of carbonyl (C=O) groups excluding carboxylic acids is 2. The van der Waals surface area contributed by atoms with E-state index in [4.69, 9.17) is 14.2 Å². The van der Waals surface area contributed by atoms with E-state index in [1.165, 1.54) is 11.3 Å². The molecule has 186 valence electrons. The van der Waals surface area contributed by atoms with E-state index in [2.05, 4.69) is 13.0 Å². The third-order valence-electron chi connectivity index (χ3n) is 5.73. The molecule has 0 unspecified atom stereocenters. The number of amides is 2. The highest BCUT2D eigenvalue weighted by Gasteiger charge is 2.24. The normalized spacial score (nSPS) is 12.1. The van der Waals surface area contributed by atoms with Gasteiger partial charge in [-0.25, -0.2) is 0 Å². The Hall–Kier alpha value is -2.88. The Morgan fingerprint density at radius 2 is 1.89 bits per heavy atom. The van der Waals surface area contributed by atoms with Crippen LogP contribution in [-0.4, -0.2) is 54.7 Å². The van der Waals surface area contributed by atoms with Crippen LogP contribution in [-0.2, 0) is 22.6 Å². The van der Waals surface area contributed by atoms with Gasteiger partial charge in [-0.1, -0.05) is 12.1 Å². The van der Waals surface area contributed by atoms with Crippen LogP contribution in [0.4, 0.5) is 0 Å². The number of rotatable bonds is 12. The minimum Gasteiger partial charge on any atom is -0.454 e. The van der Waals surface area contributed by atoms with Gasteiger partial charge in [0.25, 0.3) is 5.91 Å². The van der Waals surface area contributed by atoms with Gasteiger partial charge in [0.2, 0.25) is 12.7 Å². The van der Waals surface area contributed by atoms with Crippen molar-refractivity contribution in [2.45, 2.75) is 33.4 Å². The van der Waals surface area contributed by atoms with Gasteiger partial charge in [-0.3, -0.25) is 9.59 Å². The van der Waals surface area contributed by atoms with Crippen LogP contribution in [0.3, 0.4) is 0 Å². The summed E-state index contributed by atoms with van der Waals surface area (Å²) in [6.45, 7) is 6.74. The van der Waals surface area contributed by atoms with Gasteiger partial charge in [0.15, 0.2) is 11.5 Å². The van der Waals surface area contributed by atoms with Crippen molar-refractivity contribution in [3.8, 4) is 11.5 Å². The zero-order valence-electron chi connectivity index (χ0n) is 20.0. The molecule has 0 radical (unpaired) electrons. The molecule has 1 aliphatic heterocycles. The topological polar surface area (TPSA) is 68.3 Å². The molecule has 1 aliphatic rings. The van der Waals surface area contributed by atoms with E-state index in [1.54, 1.807) is 22.3 Å². The first-order chi connectivity index (χ1) is 17.0. The second-order valence-electron chi connectivity index (χ2n) is 8.22. The van der Waals surface area contributed by atoms with E-state index in [9.17, 15) is 9.59 Å². The molecule has 0 aliphatic carbocycles. The number of hydrogen-bond donors (Lipinski definition) is 0. The Labute approximate surface area is 213 Å². The molecule has 9 heteroatoms. The van der Waals surface area contributed by atoms with E-state index in [0.29, 0.717) is 55.6 Å². The molecule has 3 heterocycles. The van der Waals surface area contributed by atoms with E-state index >= 15 is 0 Å². The molecule has 2 aromatic heterocycles. The maximum Gasteiger partial charge on any atom is 0.264 e. The number of hydrogen-bond acceptors (Lipinski definition) is 7. The zero-order valence-corrected chi connectivity index (χ0v) is 21.7. The highest BCUT2D eigenvalue weighted by atomic mass is 32.1. The first-order valence-corrected chi connectivity index (χ1v) is 13.4. The molecule has 4 rings (SSSR count). The van der Waals surface area contributed by atoms with Crippen LogP contribution >= 0.6 is 22.7 Å². The van der Waals surface area contributed by atoms with Gasteiger partial charge < -0.3 is 24.0 Å². The summed E-state index contributed by atoms with van der Waals surface area (Å²) in [5.41, 5.74) is 2.10. The number of aryl methyl sites for hydroxylation is 1. The summed E-state index contributed by atoms with van der Waals surface area (Å²) in [4.78, 5) is 32.0. The van der Waals surface area contributed by atoms with Gasteiger partial charge in [-0.05, 0) is 66.4 Å². The van der Waals surface area contributed by atoms with Gasteiger partial charge in [-0.15, -0.1) is 22.7 Å². The molecule has 0 spiro atoms. The predicted molar refractivity (Wildman–Crippen MR) is 137 cm³/mol. The van der Waals surface area contributed by atoms with Gasteiger partial charge in [0.05, 0.1) is 11.4 Å². The van der Waals surface area contributed by atoms with Gasteiger partial charge in [0, 0.05) is 31.2 Å². The van der Waals surface area contributed by atoms with Crippen LogP contribution in [0.1, 0.15) is 39.0 Å². The molecule has 35 heavy (non-hydrogen) atoms. The average Bonchev–Trinajstić information content (AvgIpc) is 3.62. The first-order valence-electron chi connectivity index (χ1n) is 11.6. The van der Waals surface area contributed by atoms with Crippen LogP contribution in [0.15, 0.2) is 47.2 Å². The summed E-state index contributed by atoms with van der Waals surface area (Å²) < 4.78 is 16.4. The SMILES string of the molecule is CCOCCCN(CC(=O)N(Cc1ccc2c(c1)OCO2)Cc1sccc1C)C(=O)c1cccs1. The number of fused-ring (bicyclic) bond motifs is 1. The highest BCUT2D eigenvalue weighted by molar-refractivity contribution is 7.12. The Morgan fingerprint density at radius 3 is 2.63 bits per heavy atom. The summed E-state index contributed by atoms with van der Waals surface area (Å²) in [5.74, 6) is 1.17. The van der Waals surface area contributed by atoms with E-state index < -0.39 is 0 Å². The van der Waals surface area contributed by atoms with Crippen molar-refractivity contribution >= 4 is 34.5 Å². The molecule has 0 fully saturated rings. The molecule has 0 saturated heterocycles. The standard InChI is InChI=1S/C26H30N2O5S2/c1-3-31-11-5-10-27(26(30)23-6-4-12-34-23)17-25(29)28(16-24-19(2)9-13-35-24)15-20-7-8-21-22(14-20)33-18-32-21/h4,6-9,12-14H,3,5,10-11,15-18H2,1-2H3. The lowest BCUT2D eigenvalue weighted by Crippen LogP contribution is -2.43. The molecule has 0 bridgehead atoms. The molecule has 0 saturated carbocycles. The monoisotopic (exact) mass is 514 g/mol. The third kappa shape index (κ3) is 6.62. The van der Waals surface area contributed by atoms with Gasteiger partial charge in [0.1, 0.15) is 6.54 Å². The summed E-state index contributed by atoms with van der Waals surface area (Å²) in [7, 11) is 0. The van der Waals surface area contributed by atoms with Crippen molar-refractivity contribution in [3.63, 3.8) is 0 Å². The van der Waals surface area contributed by atoms with Crippen molar-refractivity contribution in [2.75, 3.05) is 33.1 Å². The van der Waals surface area contributed by atoms with Crippen molar-refractivity contribution in [3.05, 3.63) is 68.0 Å². The quantitative estimate of drug-likeness (QED) is 0.320. The number of nitrogens with zero attached hydrogens (tertiary/aromatic N) is 2. The molecule has 0 N–H and O–H groups in total. The van der Waals surface area contributed by atoms with Crippen LogP contribution in [0.2, 0.25) is 0 Å². The maximum atomic E-state index is 13.6. The maximum absolute atomic E-state index is 13.6. The third-order valence-corrected chi connectivity index (χ3v) is 7.60. The number of thiophene rings is 2. The molecule has 3 aromatic rings.